The molecule has 2 aromatic rings. The first-order chi connectivity index (χ1) is 9.56. The maximum Gasteiger partial charge on any atom is 0.170 e. The van der Waals surface area contributed by atoms with Crippen LogP contribution in [-0.2, 0) is 0 Å². The molecule has 3 heteroatoms. The van der Waals surface area contributed by atoms with Crippen LogP contribution in [0.15, 0.2) is 36.4 Å². The molecule has 1 aliphatic heterocycles. The van der Waals surface area contributed by atoms with Crippen LogP contribution in [0.4, 0.5) is 0 Å². The van der Waals surface area contributed by atoms with Crippen molar-refractivity contribution < 1.29 is 9.53 Å². The molecule has 1 aliphatic rings. The van der Waals surface area contributed by atoms with Crippen molar-refractivity contribution in [3.63, 3.8) is 0 Å². The van der Waals surface area contributed by atoms with Gasteiger partial charge < -0.3 is 4.74 Å². The van der Waals surface area contributed by atoms with Gasteiger partial charge in [-0.1, -0.05) is 35.9 Å². The van der Waals surface area contributed by atoms with E-state index in [4.69, 9.17) is 16.3 Å². The van der Waals surface area contributed by atoms with Gasteiger partial charge in [-0.3, -0.25) is 4.79 Å². The highest BCUT2D eigenvalue weighted by Gasteiger charge is 2.30. The van der Waals surface area contributed by atoms with Crippen molar-refractivity contribution in [3.8, 4) is 5.75 Å². The van der Waals surface area contributed by atoms with Gasteiger partial charge in [-0.05, 0) is 37.1 Å². The highest BCUT2D eigenvalue weighted by molar-refractivity contribution is 6.31. The van der Waals surface area contributed by atoms with E-state index in [1.165, 1.54) is 0 Å². The smallest absolute Gasteiger partial charge is 0.170 e. The van der Waals surface area contributed by atoms with Crippen LogP contribution in [0.3, 0.4) is 0 Å². The highest BCUT2D eigenvalue weighted by atomic mass is 35.5. The first-order valence-electron chi connectivity index (χ1n) is 6.62. The predicted octanol–water partition coefficient (Wildman–Crippen LogP) is 4.66. The van der Waals surface area contributed by atoms with Crippen LogP contribution in [0.5, 0.6) is 5.75 Å². The summed E-state index contributed by atoms with van der Waals surface area (Å²) in [4.78, 5) is 12.4. The Kier molecular flexibility index (Phi) is 3.27. The molecule has 2 nitrogen and oxygen atoms in total. The molecule has 0 aromatic heterocycles. The van der Waals surface area contributed by atoms with E-state index in [0.29, 0.717) is 22.8 Å². The molecule has 0 fully saturated rings. The maximum atomic E-state index is 12.4. The van der Waals surface area contributed by atoms with E-state index in [9.17, 15) is 4.79 Å². The van der Waals surface area contributed by atoms with E-state index in [1.54, 1.807) is 0 Å². The van der Waals surface area contributed by atoms with Crippen molar-refractivity contribution in [2.24, 2.45) is 0 Å². The van der Waals surface area contributed by atoms with E-state index >= 15 is 0 Å². The number of fused-ring (bicyclic) bond motifs is 1. The summed E-state index contributed by atoms with van der Waals surface area (Å²) in [5.41, 5.74) is 3.64. The first kappa shape index (κ1) is 13.2. The van der Waals surface area contributed by atoms with Gasteiger partial charge in [0.05, 0.1) is 12.0 Å². The number of ketones is 1. The third kappa shape index (κ3) is 2.20. The standard InChI is InChI=1S/C17H15ClO2/c1-10-7-11(2)17-14(19)9-15(20-16(17)8-10)12-5-3-4-6-13(12)18/h3-8,15H,9H2,1-2H3. The van der Waals surface area contributed by atoms with Crippen molar-refractivity contribution in [1.29, 1.82) is 0 Å². The van der Waals surface area contributed by atoms with Gasteiger partial charge >= 0.3 is 0 Å². The van der Waals surface area contributed by atoms with Gasteiger partial charge in [0.2, 0.25) is 0 Å². The van der Waals surface area contributed by atoms with Crippen LogP contribution in [-0.4, -0.2) is 5.78 Å². The molecule has 20 heavy (non-hydrogen) atoms. The molecule has 0 amide bonds. The summed E-state index contributed by atoms with van der Waals surface area (Å²) in [6.07, 6.45) is 0.0329. The molecule has 2 aromatic carbocycles. The summed E-state index contributed by atoms with van der Waals surface area (Å²) >= 11 is 6.20. The Hall–Kier alpha value is -1.80. The van der Waals surface area contributed by atoms with Crippen LogP contribution >= 0.6 is 11.6 Å². The molecular weight excluding hydrogens is 272 g/mol. The third-order valence-electron chi connectivity index (χ3n) is 3.61. The Labute approximate surface area is 123 Å². The number of carbonyl (C=O) groups is 1. The average Bonchev–Trinajstić information content (AvgIpc) is 2.37. The van der Waals surface area contributed by atoms with Gasteiger partial charge in [0.15, 0.2) is 5.78 Å². The minimum atomic E-state index is -0.301. The molecule has 0 spiro atoms. The topological polar surface area (TPSA) is 26.3 Å². The quantitative estimate of drug-likeness (QED) is 0.762. The summed E-state index contributed by atoms with van der Waals surface area (Å²) in [6, 6.07) is 11.4. The van der Waals surface area contributed by atoms with Crippen LogP contribution in [0.2, 0.25) is 5.02 Å². The van der Waals surface area contributed by atoms with Crippen molar-refractivity contribution in [1.82, 2.24) is 0 Å². The second-order valence-electron chi connectivity index (χ2n) is 5.21. The SMILES string of the molecule is Cc1cc(C)c2c(c1)OC(c1ccccc1Cl)CC2=O. The Bertz CT molecular complexity index is 691. The Morgan fingerprint density at radius 2 is 1.95 bits per heavy atom. The van der Waals surface area contributed by atoms with Gasteiger partial charge in [-0.2, -0.15) is 0 Å². The monoisotopic (exact) mass is 286 g/mol. The lowest BCUT2D eigenvalue weighted by molar-refractivity contribution is 0.0849. The maximum absolute atomic E-state index is 12.4. The summed E-state index contributed by atoms with van der Waals surface area (Å²) in [5.74, 6) is 0.789. The van der Waals surface area contributed by atoms with Gasteiger partial charge in [0, 0.05) is 10.6 Å². The molecule has 1 atom stereocenters. The fourth-order valence-corrected chi connectivity index (χ4v) is 3.01. The van der Waals surface area contributed by atoms with Crippen LogP contribution in [0.25, 0.3) is 0 Å². The molecule has 1 unspecified atom stereocenters. The number of hydrogen-bond acceptors (Lipinski definition) is 2. The van der Waals surface area contributed by atoms with Crippen molar-refractivity contribution in [2.75, 3.05) is 0 Å². The van der Waals surface area contributed by atoms with E-state index in [2.05, 4.69) is 0 Å². The van der Waals surface area contributed by atoms with Crippen LogP contribution < -0.4 is 4.74 Å². The molecule has 102 valence electrons. The second-order valence-corrected chi connectivity index (χ2v) is 5.62. The summed E-state index contributed by atoms with van der Waals surface area (Å²) in [5, 5.41) is 0.637. The lowest BCUT2D eigenvalue weighted by Gasteiger charge is -2.27. The van der Waals surface area contributed by atoms with Gasteiger partial charge in [0.1, 0.15) is 11.9 Å². The van der Waals surface area contributed by atoms with E-state index < -0.39 is 0 Å². The lowest BCUT2D eigenvalue weighted by atomic mass is 9.92. The zero-order valence-corrected chi connectivity index (χ0v) is 12.2. The van der Waals surface area contributed by atoms with Crippen molar-refractivity contribution in [2.45, 2.75) is 26.4 Å². The normalized spacial score (nSPS) is 17.6. The summed E-state index contributed by atoms with van der Waals surface area (Å²) in [7, 11) is 0. The summed E-state index contributed by atoms with van der Waals surface area (Å²) < 4.78 is 6.03. The third-order valence-corrected chi connectivity index (χ3v) is 3.96. The van der Waals surface area contributed by atoms with Gasteiger partial charge in [-0.25, -0.2) is 0 Å². The molecular formula is C17H15ClO2. The molecule has 0 saturated heterocycles. The van der Waals surface area contributed by atoms with Crippen molar-refractivity contribution >= 4 is 17.4 Å². The minimum absolute atomic E-state index is 0.119. The molecule has 0 bridgehead atoms. The van der Waals surface area contributed by atoms with Gasteiger partial charge in [0.25, 0.3) is 0 Å². The fourth-order valence-electron chi connectivity index (χ4n) is 2.75. The summed E-state index contributed by atoms with van der Waals surface area (Å²) in [6.45, 7) is 3.95. The zero-order chi connectivity index (χ0) is 14.3. The van der Waals surface area contributed by atoms with Crippen LogP contribution in [0, 0.1) is 13.8 Å². The highest BCUT2D eigenvalue weighted by Crippen LogP contribution is 2.38. The minimum Gasteiger partial charge on any atom is -0.484 e. The number of halogens is 1. The molecule has 0 radical (unpaired) electrons. The van der Waals surface area contributed by atoms with E-state index in [1.807, 2.05) is 50.2 Å². The second kappa shape index (κ2) is 4.95. The molecule has 0 aliphatic carbocycles. The van der Waals surface area contributed by atoms with E-state index in [0.717, 1.165) is 16.7 Å². The predicted molar refractivity (Wildman–Crippen MR) is 79.7 cm³/mol. The number of aryl methyl sites for hydroxylation is 2. The van der Waals surface area contributed by atoms with E-state index in [-0.39, 0.29) is 11.9 Å². The molecule has 3 rings (SSSR count). The largest absolute Gasteiger partial charge is 0.484 e. The average molecular weight is 287 g/mol. The van der Waals surface area contributed by atoms with Crippen molar-refractivity contribution in [3.05, 3.63) is 63.7 Å². The number of rotatable bonds is 1. The lowest BCUT2D eigenvalue weighted by Crippen LogP contribution is -2.21. The number of hydrogen-bond donors (Lipinski definition) is 0. The molecule has 0 saturated carbocycles. The Morgan fingerprint density at radius 1 is 1.20 bits per heavy atom. The molecule has 0 N–H and O–H groups in total. The Balaban J connectivity index is 2.05. The first-order valence-corrected chi connectivity index (χ1v) is 6.99. The van der Waals surface area contributed by atoms with Gasteiger partial charge in [-0.15, -0.1) is 0 Å². The fraction of sp³-hybridized carbons (Fsp3) is 0.235. The zero-order valence-electron chi connectivity index (χ0n) is 11.4. The number of Topliss-reactive ketones (excluding diaryl/α,β-unsaturated/α-hetero) is 1. The number of carbonyl (C=O) groups excluding carboxylic acids is 1. The Morgan fingerprint density at radius 3 is 2.70 bits per heavy atom. The molecule has 1 heterocycles. The number of ether oxygens (including phenoxy) is 1. The van der Waals surface area contributed by atoms with Crippen LogP contribution in [0.1, 0.15) is 39.6 Å². The number of benzene rings is 2.